The molecule has 1 saturated heterocycles. The van der Waals surface area contributed by atoms with Gasteiger partial charge in [0.05, 0.1) is 5.02 Å². The predicted molar refractivity (Wildman–Crippen MR) is 68.0 cm³/mol. The van der Waals surface area contributed by atoms with E-state index in [1.54, 1.807) is 6.20 Å². The zero-order valence-electron chi connectivity index (χ0n) is 9.62. The maximum atomic E-state index is 6.03. The highest BCUT2D eigenvalue weighted by Crippen LogP contribution is 2.20. The number of pyridine rings is 1. The minimum Gasteiger partial charge on any atom is -0.369 e. The van der Waals surface area contributed by atoms with Gasteiger partial charge in [0, 0.05) is 19.3 Å². The van der Waals surface area contributed by atoms with Crippen molar-refractivity contribution in [2.75, 3.05) is 31.5 Å². The zero-order valence-corrected chi connectivity index (χ0v) is 10.4. The standard InChI is InChI=1S/C12H18ClN3/c1-2-16-7-5-10(9-16)8-15-12-11(13)4-3-6-14-12/h3-4,6,10H,2,5,7-9H2,1H3,(H,14,15). The Bertz CT molecular complexity index is 343. The van der Waals surface area contributed by atoms with Crippen molar-refractivity contribution in [1.82, 2.24) is 9.88 Å². The Labute approximate surface area is 102 Å². The van der Waals surface area contributed by atoms with Crippen LogP contribution in [0, 0.1) is 5.92 Å². The first-order valence-corrected chi connectivity index (χ1v) is 6.24. The highest BCUT2D eigenvalue weighted by Gasteiger charge is 2.20. The topological polar surface area (TPSA) is 28.2 Å². The van der Waals surface area contributed by atoms with Gasteiger partial charge in [-0.05, 0) is 37.6 Å². The SMILES string of the molecule is CCN1CCC(CNc2ncccc2Cl)C1. The van der Waals surface area contributed by atoms with Crippen LogP contribution in [0.2, 0.25) is 5.02 Å². The number of nitrogens with one attached hydrogen (secondary N) is 1. The summed E-state index contributed by atoms with van der Waals surface area (Å²) >= 11 is 6.03. The van der Waals surface area contributed by atoms with Gasteiger partial charge in [-0.2, -0.15) is 0 Å². The molecule has 3 nitrogen and oxygen atoms in total. The summed E-state index contributed by atoms with van der Waals surface area (Å²) in [6.45, 7) is 6.74. The second-order valence-corrected chi connectivity index (χ2v) is 4.67. The number of halogens is 1. The summed E-state index contributed by atoms with van der Waals surface area (Å²) in [6, 6.07) is 3.71. The Kier molecular flexibility index (Phi) is 4.02. The Morgan fingerprint density at radius 3 is 3.19 bits per heavy atom. The third-order valence-electron chi connectivity index (χ3n) is 3.13. The molecule has 16 heavy (non-hydrogen) atoms. The molecule has 0 bridgehead atoms. The maximum Gasteiger partial charge on any atom is 0.144 e. The lowest BCUT2D eigenvalue weighted by molar-refractivity contribution is 0.345. The third kappa shape index (κ3) is 2.86. The molecular formula is C12H18ClN3. The molecule has 1 aromatic heterocycles. The fraction of sp³-hybridized carbons (Fsp3) is 0.583. The molecule has 2 heterocycles. The summed E-state index contributed by atoms with van der Waals surface area (Å²) < 4.78 is 0. The number of hydrogen-bond donors (Lipinski definition) is 1. The Morgan fingerprint density at radius 2 is 2.50 bits per heavy atom. The predicted octanol–water partition coefficient (Wildman–Crippen LogP) is 2.49. The molecule has 1 aliphatic rings. The molecule has 4 heteroatoms. The van der Waals surface area contributed by atoms with Crippen LogP contribution in [-0.2, 0) is 0 Å². The number of rotatable bonds is 4. The smallest absolute Gasteiger partial charge is 0.144 e. The largest absolute Gasteiger partial charge is 0.369 e. The first kappa shape index (κ1) is 11.7. The lowest BCUT2D eigenvalue weighted by atomic mass is 10.1. The molecule has 1 fully saturated rings. The van der Waals surface area contributed by atoms with Crippen molar-refractivity contribution in [2.24, 2.45) is 5.92 Å². The van der Waals surface area contributed by atoms with Crippen LogP contribution >= 0.6 is 11.6 Å². The molecule has 1 aromatic rings. The van der Waals surface area contributed by atoms with E-state index in [0.717, 1.165) is 24.8 Å². The number of nitrogens with zero attached hydrogens (tertiary/aromatic N) is 2. The second kappa shape index (κ2) is 5.51. The summed E-state index contributed by atoms with van der Waals surface area (Å²) in [6.07, 6.45) is 3.03. The van der Waals surface area contributed by atoms with Gasteiger partial charge < -0.3 is 10.2 Å². The zero-order chi connectivity index (χ0) is 11.4. The molecule has 0 aliphatic carbocycles. The molecule has 0 amide bonds. The molecule has 2 rings (SSSR count). The minimum absolute atomic E-state index is 0.702. The van der Waals surface area contributed by atoms with Crippen LogP contribution in [0.3, 0.4) is 0 Å². The Morgan fingerprint density at radius 1 is 1.62 bits per heavy atom. The molecule has 88 valence electrons. The lowest BCUT2D eigenvalue weighted by Gasteiger charge is -2.14. The first-order chi connectivity index (χ1) is 7.79. The summed E-state index contributed by atoms with van der Waals surface area (Å²) in [7, 11) is 0. The molecule has 1 unspecified atom stereocenters. The van der Waals surface area contributed by atoms with Crippen LogP contribution in [0.5, 0.6) is 0 Å². The fourth-order valence-electron chi connectivity index (χ4n) is 2.12. The normalized spacial score (nSPS) is 21.2. The van der Waals surface area contributed by atoms with E-state index in [1.165, 1.54) is 19.5 Å². The summed E-state index contributed by atoms with van der Waals surface area (Å²) in [5.41, 5.74) is 0. The monoisotopic (exact) mass is 239 g/mol. The Balaban J connectivity index is 1.82. The molecule has 0 aromatic carbocycles. The number of likely N-dealkylation sites (tertiary alicyclic amines) is 1. The van der Waals surface area contributed by atoms with E-state index in [1.807, 2.05) is 12.1 Å². The van der Waals surface area contributed by atoms with Crippen molar-refractivity contribution >= 4 is 17.4 Å². The van der Waals surface area contributed by atoms with Crippen molar-refractivity contribution in [3.05, 3.63) is 23.4 Å². The Hall–Kier alpha value is -0.800. The van der Waals surface area contributed by atoms with E-state index in [-0.39, 0.29) is 0 Å². The average Bonchev–Trinajstić information content (AvgIpc) is 2.76. The number of aromatic nitrogens is 1. The van der Waals surface area contributed by atoms with Gasteiger partial charge in [0.15, 0.2) is 0 Å². The average molecular weight is 240 g/mol. The van der Waals surface area contributed by atoms with Crippen molar-refractivity contribution in [1.29, 1.82) is 0 Å². The maximum absolute atomic E-state index is 6.03. The van der Waals surface area contributed by atoms with Gasteiger partial charge in [0.1, 0.15) is 5.82 Å². The molecular weight excluding hydrogens is 222 g/mol. The van der Waals surface area contributed by atoms with E-state index >= 15 is 0 Å². The molecule has 0 spiro atoms. The van der Waals surface area contributed by atoms with E-state index in [2.05, 4.69) is 22.1 Å². The van der Waals surface area contributed by atoms with Crippen LogP contribution in [0.25, 0.3) is 0 Å². The van der Waals surface area contributed by atoms with Gasteiger partial charge in [-0.3, -0.25) is 0 Å². The van der Waals surface area contributed by atoms with Gasteiger partial charge in [-0.15, -0.1) is 0 Å². The molecule has 0 radical (unpaired) electrons. The van der Waals surface area contributed by atoms with Crippen molar-refractivity contribution in [3.63, 3.8) is 0 Å². The summed E-state index contributed by atoms with van der Waals surface area (Å²) in [5.74, 6) is 1.53. The van der Waals surface area contributed by atoms with Gasteiger partial charge >= 0.3 is 0 Å². The number of hydrogen-bond acceptors (Lipinski definition) is 3. The van der Waals surface area contributed by atoms with Crippen molar-refractivity contribution < 1.29 is 0 Å². The quantitative estimate of drug-likeness (QED) is 0.875. The van der Waals surface area contributed by atoms with Crippen molar-refractivity contribution in [2.45, 2.75) is 13.3 Å². The molecule has 1 aliphatic heterocycles. The van der Waals surface area contributed by atoms with Crippen LogP contribution < -0.4 is 5.32 Å². The van der Waals surface area contributed by atoms with E-state index in [4.69, 9.17) is 11.6 Å². The molecule has 1 N–H and O–H groups in total. The van der Waals surface area contributed by atoms with Crippen LogP contribution in [-0.4, -0.2) is 36.1 Å². The summed E-state index contributed by atoms with van der Waals surface area (Å²) in [5, 5.41) is 4.03. The van der Waals surface area contributed by atoms with Crippen LogP contribution in [0.4, 0.5) is 5.82 Å². The van der Waals surface area contributed by atoms with E-state index in [0.29, 0.717) is 5.02 Å². The van der Waals surface area contributed by atoms with E-state index < -0.39 is 0 Å². The van der Waals surface area contributed by atoms with Crippen LogP contribution in [0.15, 0.2) is 18.3 Å². The van der Waals surface area contributed by atoms with Gasteiger partial charge in [0.2, 0.25) is 0 Å². The fourth-order valence-corrected chi connectivity index (χ4v) is 2.31. The minimum atomic E-state index is 0.702. The lowest BCUT2D eigenvalue weighted by Crippen LogP contribution is -2.22. The molecule has 1 atom stereocenters. The highest BCUT2D eigenvalue weighted by molar-refractivity contribution is 6.32. The first-order valence-electron chi connectivity index (χ1n) is 5.86. The van der Waals surface area contributed by atoms with Gasteiger partial charge in [0.25, 0.3) is 0 Å². The number of anilines is 1. The summed E-state index contributed by atoms with van der Waals surface area (Å²) in [4.78, 5) is 6.70. The third-order valence-corrected chi connectivity index (χ3v) is 3.44. The van der Waals surface area contributed by atoms with Gasteiger partial charge in [-0.25, -0.2) is 4.98 Å². The van der Waals surface area contributed by atoms with Gasteiger partial charge in [-0.1, -0.05) is 18.5 Å². The van der Waals surface area contributed by atoms with E-state index in [9.17, 15) is 0 Å². The van der Waals surface area contributed by atoms with Crippen molar-refractivity contribution in [3.8, 4) is 0 Å². The second-order valence-electron chi connectivity index (χ2n) is 4.26. The molecule has 0 saturated carbocycles. The van der Waals surface area contributed by atoms with Crippen LogP contribution in [0.1, 0.15) is 13.3 Å². The highest BCUT2D eigenvalue weighted by atomic mass is 35.5.